The minimum absolute atomic E-state index is 0.306. The van der Waals surface area contributed by atoms with E-state index in [0.29, 0.717) is 0 Å². The Kier molecular flexibility index (Phi) is 2.47. The molecule has 0 amide bonds. The van der Waals surface area contributed by atoms with Crippen LogP contribution in [0, 0.1) is 0 Å². The molecule has 1 spiro atoms. The van der Waals surface area contributed by atoms with Crippen LogP contribution in [0.25, 0.3) is 27.8 Å². The van der Waals surface area contributed by atoms with E-state index in [1.807, 2.05) is 6.33 Å². The van der Waals surface area contributed by atoms with Crippen LogP contribution < -0.4 is 0 Å². The third-order valence-electron chi connectivity index (χ3n) is 6.49. The van der Waals surface area contributed by atoms with Gasteiger partial charge in [-0.3, -0.25) is 4.57 Å². The number of aromatic nitrogens is 2. The van der Waals surface area contributed by atoms with Crippen molar-refractivity contribution >= 4 is 11.0 Å². The monoisotopic (exact) mass is 356 g/mol. The van der Waals surface area contributed by atoms with Crippen molar-refractivity contribution in [1.82, 2.24) is 9.55 Å². The average molecular weight is 356 g/mol. The Balaban J connectivity index is 1.80. The van der Waals surface area contributed by atoms with Crippen LogP contribution in [0.5, 0.6) is 0 Å². The minimum Gasteiger partial charge on any atom is -0.298 e. The first-order valence-corrected chi connectivity index (χ1v) is 9.66. The molecule has 0 N–H and O–H groups in total. The molecule has 28 heavy (non-hydrogen) atoms. The van der Waals surface area contributed by atoms with Crippen LogP contribution in [0.2, 0.25) is 0 Å². The van der Waals surface area contributed by atoms with Crippen molar-refractivity contribution in [3.8, 4) is 16.8 Å². The van der Waals surface area contributed by atoms with Crippen LogP contribution in [-0.2, 0) is 5.41 Å². The third kappa shape index (κ3) is 1.43. The molecule has 0 radical (unpaired) electrons. The molecule has 1 aromatic heterocycles. The molecule has 2 nitrogen and oxygen atoms in total. The number of nitrogens with zero attached hydrogens (tertiary/aromatic N) is 2. The van der Waals surface area contributed by atoms with Crippen molar-refractivity contribution in [2.75, 3.05) is 0 Å². The molecule has 130 valence electrons. The summed E-state index contributed by atoms with van der Waals surface area (Å²) in [6.45, 7) is 0. The highest BCUT2D eigenvalue weighted by Gasteiger charge is 2.50. The summed E-state index contributed by atoms with van der Waals surface area (Å²) in [7, 11) is 0. The fourth-order valence-corrected chi connectivity index (χ4v) is 5.51. The Morgan fingerprint density at radius 2 is 1.18 bits per heavy atom. The highest BCUT2D eigenvalue weighted by molar-refractivity contribution is 5.95. The van der Waals surface area contributed by atoms with Crippen LogP contribution in [0.3, 0.4) is 0 Å². The van der Waals surface area contributed by atoms with Crippen LogP contribution in [0.15, 0.2) is 97.3 Å². The van der Waals surface area contributed by atoms with E-state index >= 15 is 0 Å². The van der Waals surface area contributed by atoms with Gasteiger partial charge < -0.3 is 0 Å². The first-order chi connectivity index (χ1) is 13.9. The van der Waals surface area contributed by atoms with E-state index in [1.54, 1.807) is 0 Å². The first kappa shape index (κ1) is 14.4. The number of para-hydroxylation sites is 2. The lowest BCUT2D eigenvalue weighted by Crippen LogP contribution is -2.33. The number of hydrogen-bond acceptors (Lipinski definition) is 1. The second-order valence-corrected chi connectivity index (χ2v) is 7.65. The van der Waals surface area contributed by atoms with Crippen molar-refractivity contribution in [1.29, 1.82) is 0 Å². The fourth-order valence-electron chi connectivity index (χ4n) is 5.51. The molecular formula is C26H16N2. The first-order valence-electron chi connectivity index (χ1n) is 9.66. The molecule has 0 unspecified atom stereocenters. The molecule has 0 atom stereocenters. The summed E-state index contributed by atoms with van der Waals surface area (Å²) in [6.07, 6.45) is 1.96. The van der Waals surface area contributed by atoms with E-state index in [2.05, 4.69) is 95.6 Å². The van der Waals surface area contributed by atoms with E-state index in [9.17, 15) is 0 Å². The smallest absolute Gasteiger partial charge is 0.100 e. The molecular weight excluding hydrogens is 340 g/mol. The van der Waals surface area contributed by atoms with Gasteiger partial charge in [0.25, 0.3) is 0 Å². The molecule has 0 saturated carbocycles. The van der Waals surface area contributed by atoms with E-state index in [-0.39, 0.29) is 5.41 Å². The number of benzene rings is 4. The Morgan fingerprint density at radius 3 is 1.93 bits per heavy atom. The molecule has 0 bridgehead atoms. The Labute approximate surface area is 162 Å². The maximum Gasteiger partial charge on any atom is 0.100 e. The lowest BCUT2D eigenvalue weighted by atomic mass is 9.65. The molecule has 5 aromatic rings. The van der Waals surface area contributed by atoms with Crippen molar-refractivity contribution in [2.24, 2.45) is 0 Å². The average Bonchev–Trinajstić information content (AvgIpc) is 3.32. The summed E-state index contributed by atoms with van der Waals surface area (Å²) in [6, 6.07) is 33.1. The van der Waals surface area contributed by atoms with Gasteiger partial charge >= 0.3 is 0 Å². The van der Waals surface area contributed by atoms with E-state index < -0.39 is 0 Å². The summed E-state index contributed by atoms with van der Waals surface area (Å²) in [5.41, 5.74) is 11.2. The largest absolute Gasteiger partial charge is 0.298 e. The lowest BCUT2D eigenvalue weighted by Gasteiger charge is -2.39. The number of rotatable bonds is 0. The van der Waals surface area contributed by atoms with Crippen LogP contribution in [0.1, 0.15) is 22.3 Å². The molecule has 2 heteroatoms. The molecule has 4 aromatic carbocycles. The SMILES string of the molecule is c1ccc2c(c1)-c1ccccc1C21c2ccccc2-n2cnc3cccc1c32. The van der Waals surface area contributed by atoms with Crippen molar-refractivity contribution < 1.29 is 0 Å². The minimum atomic E-state index is -0.306. The third-order valence-corrected chi connectivity index (χ3v) is 6.49. The molecule has 0 saturated heterocycles. The summed E-state index contributed by atoms with van der Waals surface area (Å²) >= 11 is 0. The van der Waals surface area contributed by atoms with Gasteiger partial charge in [-0.2, -0.15) is 0 Å². The summed E-state index contributed by atoms with van der Waals surface area (Å²) in [4.78, 5) is 4.72. The molecule has 7 rings (SSSR count). The van der Waals surface area contributed by atoms with Gasteiger partial charge in [0.05, 0.1) is 22.1 Å². The Bertz CT molecular complexity index is 1380. The van der Waals surface area contributed by atoms with Gasteiger partial charge in [0.2, 0.25) is 0 Å². The number of hydrogen-bond donors (Lipinski definition) is 0. The van der Waals surface area contributed by atoms with Gasteiger partial charge in [0.1, 0.15) is 6.33 Å². The van der Waals surface area contributed by atoms with Crippen molar-refractivity contribution in [3.63, 3.8) is 0 Å². The van der Waals surface area contributed by atoms with E-state index in [0.717, 1.165) is 5.52 Å². The summed E-state index contributed by atoms with van der Waals surface area (Å²) in [5.74, 6) is 0. The lowest BCUT2D eigenvalue weighted by molar-refractivity contribution is 0.744. The highest BCUT2D eigenvalue weighted by Crippen LogP contribution is 2.59. The van der Waals surface area contributed by atoms with E-state index in [1.165, 1.54) is 44.6 Å². The van der Waals surface area contributed by atoms with E-state index in [4.69, 9.17) is 4.98 Å². The second kappa shape index (κ2) is 4.79. The maximum atomic E-state index is 4.72. The standard InChI is InChI=1S/C26H16N2/c1-3-10-19-17(8-1)18-9-2-4-11-20(18)26(19)21-12-5-6-15-24(21)28-16-27-23-14-7-13-22(26)25(23)28/h1-16H. The predicted molar refractivity (Wildman–Crippen MR) is 112 cm³/mol. The predicted octanol–water partition coefficient (Wildman–Crippen LogP) is 5.70. The normalized spacial score (nSPS) is 14.7. The maximum absolute atomic E-state index is 4.72. The van der Waals surface area contributed by atoms with Gasteiger partial charge in [-0.15, -0.1) is 0 Å². The van der Waals surface area contributed by atoms with Gasteiger partial charge in [-0.25, -0.2) is 4.98 Å². The van der Waals surface area contributed by atoms with Crippen molar-refractivity contribution in [3.05, 3.63) is 120 Å². The number of imidazole rings is 1. The zero-order valence-electron chi connectivity index (χ0n) is 15.1. The van der Waals surface area contributed by atoms with Gasteiger partial charge in [-0.05, 0) is 45.5 Å². The zero-order chi connectivity index (χ0) is 18.3. The molecule has 0 fully saturated rings. The quantitative estimate of drug-likeness (QED) is 0.341. The molecule has 2 aliphatic rings. The highest BCUT2D eigenvalue weighted by atomic mass is 15.1. The molecule has 1 aliphatic heterocycles. The molecule has 1 aliphatic carbocycles. The summed E-state index contributed by atoms with van der Waals surface area (Å²) < 4.78 is 2.26. The van der Waals surface area contributed by atoms with Crippen LogP contribution in [0.4, 0.5) is 0 Å². The van der Waals surface area contributed by atoms with Crippen LogP contribution in [-0.4, -0.2) is 9.55 Å². The Morgan fingerprint density at radius 1 is 0.571 bits per heavy atom. The number of fused-ring (bicyclic) bond motifs is 9. The Hall–Kier alpha value is -3.65. The summed E-state index contributed by atoms with van der Waals surface area (Å²) in [5, 5.41) is 0. The van der Waals surface area contributed by atoms with Gasteiger partial charge in [0, 0.05) is 0 Å². The molecule has 2 heterocycles. The second-order valence-electron chi connectivity index (χ2n) is 7.65. The zero-order valence-corrected chi connectivity index (χ0v) is 15.1. The van der Waals surface area contributed by atoms with Crippen LogP contribution >= 0.6 is 0 Å². The van der Waals surface area contributed by atoms with Crippen molar-refractivity contribution in [2.45, 2.75) is 5.41 Å². The fraction of sp³-hybridized carbons (Fsp3) is 0.0385. The van der Waals surface area contributed by atoms with Gasteiger partial charge in [-0.1, -0.05) is 78.9 Å². The topological polar surface area (TPSA) is 17.8 Å². The van der Waals surface area contributed by atoms with Gasteiger partial charge in [0.15, 0.2) is 0 Å².